The minimum absolute atomic E-state index is 0.0277. The Morgan fingerprint density at radius 2 is 1.20 bits per heavy atom. The molecule has 0 fully saturated rings. The molecule has 10 nitrogen and oxygen atoms in total. The van der Waals surface area contributed by atoms with Crippen molar-refractivity contribution in [2.24, 2.45) is 5.41 Å². The predicted octanol–water partition coefficient (Wildman–Crippen LogP) is 10.5. The first-order valence-corrected chi connectivity index (χ1v) is 22.6. The summed E-state index contributed by atoms with van der Waals surface area (Å²) in [5, 5.41) is 1.75. The number of nitrogens with zero attached hydrogens (tertiary/aromatic N) is 1. The molecule has 0 saturated carbocycles. The molecule has 0 spiro atoms. The maximum atomic E-state index is 14.3. The Morgan fingerprint density at radius 1 is 0.720 bits per heavy atom. The summed E-state index contributed by atoms with van der Waals surface area (Å²) >= 11 is 0. The van der Waals surface area contributed by atoms with Crippen molar-refractivity contribution in [3.05, 3.63) is 35.9 Å². The molecule has 0 N–H and O–H groups in total. The molecule has 0 amide bonds. The van der Waals surface area contributed by atoms with Gasteiger partial charge in [0.2, 0.25) is 0 Å². The van der Waals surface area contributed by atoms with Crippen LogP contribution in [0, 0.1) is 5.41 Å². The van der Waals surface area contributed by atoms with Gasteiger partial charge < -0.3 is 27.1 Å². The number of hydrogen-bond acceptors (Lipinski definition) is 10. The molecule has 2 unspecified atom stereocenters. The van der Waals surface area contributed by atoms with Crippen LogP contribution in [0.1, 0.15) is 146 Å². The fourth-order valence-corrected chi connectivity index (χ4v) is 11.4. The lowest BCUT2D eigenvalue weighted by Crippen LogP contribution is -2.54. The Bertz CT molecular complexity index is 1050. The molecule has 2 atom stereocenters. The third-order valence-electron chi connectivity index (χ3n) is 8.09. The van der Waals surface area contributed by atoms with E-state index in [-0.39, 0.29) is 25.8 Å². The van der Waals surface area contributed by atoms with Gasteiger partial charge in [0.25, 0.3) is 0 Å². The number of benzene rings is 1. The van der Waals surface area contributed by atoms with Crippen molar-refractivity contribution in [3.63, 3.8) is 0 Å². The molecule has 50 heavy (non-hydrogen) atoms. The van der Waals surface area contributed by atoms with Crippen molar-refractivity contribution in [3.8, 4) is 0 Å². The first kappa shape index (κ1) is 46.9. The van der Waals surface area contributed by atoms with Gasteiger partial charge in [-0.2, -0.15) is 5.06 Å². The van der Waals surface area contributed by atoms with Gasteiger partial charge in [0.1, 0.15) is 18.5 Å². The van der Waals surface area contributed by atoms with Gasteiger partial charge in [-0.1, -0.05) is 89.6 Å². The normalized spacial score (nSPS) is 14.2. The molecule has 1 aromatic rings. The highest BCUT2D eigenvalue weighted by atomic mass is 31.2. The second-order valence-corrected chi connectivity index (χ2v) is 19.4. The topological polar surface area (TPSA) is 102 Å². The number of hydroxylamine groups is 2. The van der Waals surface area contributed by atoms with Crippen molar-refractivity contribution in [2.75, 3.05) is 39.6 Å². The van der Waals surface area contributed by atoms with Gasteiger partial charge >= 0.3 is 22.4 Å². The Hall–Kier alpha value is -1.14. The molecule has 0 saturated heterocycles. The summed E-state index contributed by atoms with van der Waals surface area (Å²) in [5.41, 5.74) is -0.289. The quantitative estimate of drug-likeness (QED) is 0.0271. The Morgan fingerprint density at radius 3 is 1.64 bits per heavy atom. The molecule has 0 radical (unpaired) electrons. The summed E-state index contributed by atoms with van der Waals surface area (Å²) in [4.78, 5) is 19.6. The maximum Gasteiger partial charge on any atom is 0.500 e. The predicted molar refractivity (Wildman–Crippen MR) is 204 cm³/mol. The highest BCUT2D eigenvalue weighted by Crippen LogP contribution is 2.61. The molecule has 1 aromatic carbocycles. The third-order valence-corrected chi connectivity index (χ3v) is 14.1. The van der Waals surface area contributed by atoms with Crippen LogP contribution in [-0.2, 0) is 41.3 Å². The molecule has 0 aliphatic heterocycles. The molecular weight excluding hydrogens is 673 g/mol. The molecule has 292 valence electrons. The van der Waals surface area contributed by atoms with Gasteiger partial charge in [-0.3, -0.25) is 14.2 Å². The lowest BCUT2D eigenvalue weighted by Gasteiger charge is -2.48. The van der Waals surface area contributed by atoms with E-state index in [1.807, 2.05) is 106 Å². The summed E-state index contributed by atoms with van der Waals surface area (Å²) in [6.07, 6.45) is 8.27. The van der Waals surface area contributed by atoms with E-state index >= 15 is 0 Å². The van der Waals surface area contributed by atoms with Crippen LogP contribution < -0.4 is 0 Å². The smallest absolute Gasteiger partial charge is 0.462 e. The van der Waals surface area contributed by atoms with E-state index in [0.717, 1.165) is 50.1 Å². The molecule has 12 heteroatoms. The van der Waals surface area contributed by atoms with Crippen LogP contribution in [0.3, 0.4) is 0 Å². The Labute approximate surface area is 306 Å². The van der Waals surface area contributed by atoms with Crippen LogP contribution in [0.15, 0.2) is 30.3 Å². The van der Waals surface area contributed by atoms with Crippen molar-refractivity contribution >= 4 is 22.4 Å². The third kappa shape index (κ3) is 17.1. The number of carbonyl (C=O) groups is 1. The van der Waals surface area contributed by atoms with Gasteiger partial charge in [-0.05, 0) is 79.2 Å². The van der Waals surface area contributed by atoms with Crippen LogP contribution >= 0.6 is 7.60 Å². The maximum absolute atomic E-state index is 14.3. The fraction of sp³-hybridized carbons (Fsp3) is 0.816. The van der Waals surface area contributed by atoms with Crippen LogP contribution in [0.5, 0.6) is 0 Å². The van der Waals surface area contributed by atoms with Crippen molar-refractivity contribution < 1.29 is 41.3 Å². The number of rotatable bonds is 28. The van der Waals surface area contributed by atoms with Crippen LogP contribution in [0.4, 0.5) is 0 Å². The summed E-state index contributed by atoms with van der Waals surface area (Å²) in [7, 11) is -6.20. The average Bonchev–Trinajstić information content (AvgIpc) is 3.03. The van der Waals surface area contributed by atoms with Crippen LogP contribution in [-0.4, -0.2) is 70.8 Å². The lowest BCUT2D eigenvalue weighted by molar-refractivity contribution is -0.275. The monoisotopic (exact) mass is 745 g/mol. The van der Waals surface area contributed by atoms with E-state index in [0.29, 0.717) is 26.2 Å². The largest absolute Gasteiger partial charge is 0.500 e. The second-order valence-electron chi connectivity index (χ2n) is 14.6. The van der Waals surface area contributed by atoms with Gasteiger partial charge in [0.05, 0.1) is 13.2 Å². The molecule has 1 rings (SSSR count). The van der Waals surface area contributed by atoms with E-state index in [1.54, 1.807) is 5.06 Å². The zero-order valence-corrected chi connectivity index (χ0v) is 35.3. The van der Waals surface area contributed by atoms with E-state index in [1.165, 1.54) is 12.8 Å². The van der Waals surface area contributed by atoms with Crippen LogP contribution in [0.25, 0.3) is 0 Å². The highest BCUT2D eigenvalue weighted by Gasteiger charge is 2.52. The number of ether oxygens (including phenoxy) is 1. The highest BCUT2D eigenvalue weighted by molar-refractivity contribution is 7.54. The van der Waals surface area contributed by atoms with Crippen molar-refractivity contribution in [1.82, 2.24) is 5.06 Å². The summed E-state index contributed by atoms with van der Waals surface area (Å²) in [6, 6.07) is 10.6. The number of esters is 1. The molecule has 0 aliphatic rings. The minimum atomic E-state index is -3.66. The van der Waals surface area contributed by atoms with E-state index in [9.17, 15) is 9.36 Å². The van der Waals surface area contributed by atoms with E-state index in [4.69, 9.17) is 31.9 Å². The number of carbonyl (C=O) groups excluding carboxylic acids is 1. The van der Waals surface area contributed by atoms with E-state index in [2.05, 4.69) is 0 Å². The second kappa shape index (κ2) is 24.2. The van der Waals surface area contributed by atoms with Gasteiger partial charge in [-0.25, -0.2) is 0 Å². The van der Waals surface area contributed by atoms with Crippen molar-refractivity contribution in [2.45, 2.75) is 157 Å². The van der Waals surface area contributed by atoms with Gasteiger partial charge in [0, 0.05) is 37.8 Å². The van der Waals surface area contributed by atoms with Gasteiger partial charge in [0.15, 0.2) is 0 Å². The molecule has 0 aliphatic carbocycles. The molecule has 0 aromatic heterocycles. The fourth-order valence-electron chi connectivity index (χ4n) is 5.98. The van der Waals surface area contributed by atoms with Gasteiger partial charge in [-0.15, -0.1) is 0 Å². The SMILES string of the molecule is CCO[Si](CCCCCCCCCCC(=O)OCC(ON(C(C(C)(C)C)P(=O)(OCC)OCC)C(C)(C)C)c1ccccc1)(OCC)OCC. The molecule has 0 heterocycles. The summed E-state index contributed by atoms with van der Waals surface area (Å²) in [6.45, 7) is 24.0. The summed E-state index contributed by atoms with van der Waals surface area (Å²) in [5.74, 6) is -0.975. The standard InChI is InChI=1S/C38H72NO9PSi/c1-12-43-49(41,44-13-2)36(37(6,7)8)39(38(9,10)11)48-34(33-28-24-23-25-29-33)32-42-35(40)30-26-21-19-17-18-20-22-27-31-50(45-14-3,46-15-4)47-16-5/h23-25,28-29,34,36H,12-22,26-27,30-32H2,1-11H3. The van der Waals surface area contributed by atoms with E-state index < -0.39 is 39.2 Å². The zero-order chi connectivity index (χ0) is 37.7. The van der Waals surface area contributed by atoms with Crippen molar-refractivity contribution in [1.29, 1.82) is 0 Å². The number of unbranched alkanes of at least 4 members (excludes halogenated alkanes) is 7. The Kier molecular flexibility index (Phi) is 22.7. The summed E-state index contributed by atoms with van der Waals surface area (Å²) < 4.78 is 49.8. The number of hydrogen-bond donors (Lipinski definition) is 0. The van der Waals surface area contributed by atoms with Crippen LogP contribution in [0.2, 0.25) is 6.04 Å². The first-order valence-electron chi connectivity index (χ1n) is 19.1. The lowest BCUT2D eigenvalue weighted by atomic mass is 9.94. The minimum Gasteiger partial charge on any atom is -0.462 e. The molecule has 0 bridgehead atoms. The average molecular weight is 746 g/mol. The molecular formula is C38H72NO9PSi. The zero-order valence-electron chi connectivity index (χ0n) is 33.4. The Balaban J connectivity index is 2.74. The first-order chi connectivity index (χ1) is 23.6.